The number of nitrogens with one attached hydrogen (secondary N) is 3. The summed E-state index contributed by atoms with van der Waals surface area (Å²) < 4.78 is 5.87. The van der Waals surface area contributed by atoms with E-state index in [-0.39, 0.29) is 23.8 Å². The highest BCUT2D eigenvalue weighted by atomic mass is 16.5. The second-order valence-corrected chi connectivity index (χ2v) is 9.52. The highest BCUT2D eigenvalue weighted by Crippen LogP contribution is 2.57. The normalized spacial score (nSPS) is 16.9. The minimum atomic E-state index is -0.396. The first-order valence-electron chi connectivity index (χ1n) is 12.0. The Morgan fingerprint density at radius 3 is 2.39 bits per heavy atom. The molecule has 0 bridgehead atoms. The average molecular weight is 484 g/mol. The number of anilines is 4. The maximum absolute atomic E-state index is 12.6. The number of fused-ring (bicyclic) bond motifs is 2. The number of urea groups is 1. The third-order valence-corrected chi connectivity index (χ3v) is 6.87. The molecule has 3 aromatic rings. The van der Waals surface area contributed by atoms with Crippen molar-refractivity contribution in [2.24, 2.45) is 5.92 Å². The van der Waals surface area contributed by atoms with Crippen LogP contribution in [0.3, 0.4) is 0 Å². The molecule has 0 radical (unpaired) electrons. The molecule has 2 saturated carbocycles. The lowest BCUT2D eigenvalue weighted by Gasteiger charge is -2.12. The molecule has 1 spiro atoms. The Morgan fingerprint density at radius 2 is 1.67 bits per heavy atom. The number of aromatic nitrogens is 1. The molecule has 9 nitrogen and oxygen atoms in total. The summed E-state index contributed by atoms with van der Waals surface area (Å²) in [5.41, 5.74) is 2.74. The maximum atomic E-state index is 12.6. The number of carbonyl (C=O) groups is 3. The Bertz CT molecular complexity index is 1380. The molecule has 6 rings (SSSR count). The van der Waals surface area contributed by atoms with E-state index >= 15 is 0 Å². The van der Waals surface area contributed by atoms with Crippen molar-refractivity contribution in [2.45, 2.75) is 31.1 Å². The Morgan fingerprint density at radius 1 is 0.944 bits per heavy atom. The van der Waals surface area contributed by atoms with E-state index < -0.39 is 5.41 Å². The van der Waals surface area contributed by atoms with Gasteiger partial charge in [-0.25, -0.2) is 9.78 Å². The third-order valence-electron chi connectivity index (χ3n) is 6.87. The summed E-state index contributed by atoms with van der Waals surface area (Å²) in [4.78, 5) is 42.9. The van der Waals surface area contributed by atoms with Crippen LogP contribution in [-0.2, 0) is 15.0 Å². The zero-order valence-electron chi connectivity index (χ0n) is 19.7. The van der Waals surface area contributed by atoms with E-state index in [1.165, 1.54) is 0 Å². The number of likely N-dealkylation sites (N-methyl/N-ethyl adjacent to an activating group) is 1. The molecule has 0 saturated heterocycles. The SMILES string of the molecule is CN1C(=O)C2(CC2)c2cc(NC(=O)Nc3ccc(Oc4ccnc(NC(=O)C5CC5)c4)cc3)ccc21. The first-order chi connectivity index (χ1) is 17.4. The molecule has 9 heteroatoms. The molecule has 2 fully saturated rings. The van der Waals surface area contributed by atoms with E-state index in [0.717, 1.165) is 36.9 Å². The van der Waals surface area contributed by atoms with Crippen molar-refractivity contribution >= 4 is 40.7 Å². The van der Waals surface area contributed by atoms with Crippen molar-refractivity contribution in [2.75, 3.05) is 27.9 Å². The fourth-order valence-corrected chi connectivity index (χ4v) is 4.60. The van der Waals surface area contributed by atoms with Gasteiger partial charge in [0.2, 0.25) is 11.8 Å². The van der Waals surface area contributed by atoms with E-state index in [9.17, 15) is 14.4 Å². The second kappa shape index (κ2) is 8.37. The van der Waals surface area contributed by atoms with Crippen LogP contribution in [0, 0.1) is 5.92 Å². The Labute approximate surface area is 207 Å². The van der Waals surface area contributed by atoms with Crippen LogP contribution in [0.5, 0.6) is 11.5 Å². The molecule has 36 heavy (non-hydrogen) atoms. The molecule has 3 N–H and O–H groups in total. The van der Waals surface area contributed by atoms with E-state index in [2.05, 4.69) is 20.9 Å². The summed E-state index contributed by atoms with van der Waals surface area (Å²) in [7, 11) is 1.79. The van der Waals surface area contributed by atoms with Gasteiger partial charge in [0.05, 0.1) is 5.41 Å². The summed E-state index contributed by atoms with van der Waals surface area (Å²) in [6.45, 7) is 0. The van der Waals surface area contributed by atoms with Crippen molar-refractivity contribution in [3.63, 3.8) is 0 Å². The quantitative estimate of drug-likeness (QED) is 0.463. The van der Waals surface area contributed by atoms with E-state index in [4.69, 9.17) is 4.74 Å². The molecule has 1 aliphatic heterocycles. The largest absolute Gasteiger partial charge is 0.457 e. The topological polar surface area (TPSA) is 113 Å². The van der Waals surface area contributed by atoms with Crippen LogP contribution < -0.4 is 25.6 Å². The van der Waals surface area contributed by atoms with Crippen molar-refractivity contribution in [1.29, 1.82) is 0 Å². The van der Waals surface area contributed by atoms with E-state index in [1.807, 2.05) is 12.1 Å². The van der Waals surface area contributed by atoms with E-state index in [1.54, 1.807) is 60.6 Å². The van der Waals surface area contributed by atoms with Gasteiger partial charge in [0.15, 0.2) is 0 Å². The predicted molar refractivity (Wildman–Crippen MR) is 136 cm³/mol. The van der Waals surface area contributed by atoms with Crippen LogP contribution in [0.15, 0.2) is 60.8 Å². The van der Waals surface area contributed by atoms with Crippen LogP contribution in [0.1, 0.15) is 31.2 Å². The zero-order valence-corrected chi connectivity index (χ0v) is 19.7. The standard InChI is InChI=1S/C27H25N5O4/c1-32-22-9-6-18(14-21(22)27(11-12-27)25(32)34)30-26(35)29-17-4-7-19(8-5-17)36-20-10-13-28-23(15-20)31-24(33)16-2-3-16/h4-10,13-16H,2-3,11-12H2,1H3,(H,28,31,33)(H2,29,30,35). The molecule has 2 heterocycles. The summed E-state index contributed by atoms with van der Waals surface area (Å²) >= 11 is 0. The first-order valence-corrected chi connectivity index (χ1v) is 12.0. The van der Waals surface area contributed by atoms with Gasteiger partial charge < -0.3 is 25.6 Å². The molecule has 3 aliphatic rings. The zero-order chi connectivity index (χ0) is 24.9. The van der Waals surface area contributed by atoms with Gasteiger partial charge >= 0.3 is 6.03 Å². The van der Waals surface area contributed by atoms with Crippen LogP contribution in [0.2, 0.25) is 0 Å². The number of hydrogen-bond acceptors (Lipinski definition) is 5. The monoisotopic (exact) mass is 483 g/mol. The van der Waals surface area contributed by atoms with Crippen LogP contribution >= 0.6 is 0 Å². The van der Waals surface area contributed by atoms with Gasteiger partial charge in [0, 0.05) is 42.3 Å². The number of rotatable bonds is 6. The lowest BCUT2D eigenvalue weighted by molar-refractivity contribution is -0.120. The summed E-state index contributed by atoms with van der Waals surface area (Å²) in [6, 6.07) is 15.5. The summed E-state index contributed by atoms with van der Waals surface area (Å²) in [5.74, 6) is 1.79. The maximum Gasteiger partial charge on any atom is 0.323 e. The Kier molecular flexibility index (Phi) is 5.13. The van der Waals surface area contributed by atoms with Crippen molar-refractivity contribution in [3.05, 3.63) is 66.4 Å². The minimum Gasteiger partial charge on any atom is -0.457 e. The van der Waals surface area contributed by atoms with Gasteiger partial charge in [-0.05, 0) is 79.8 Å². The number of benzene rings is 2. The molecule has 0 unspecified atom stereocenters. The highest BCUT2D eigenvalue weighted by Gasteiger charge is 2.58. The average Bonchev–Trinajstić information content (AvgIpc) is 3.78. The number of carbonyl (C=O) groups excluding carboxylic acids is 3. The molecular weight excluding hydrogens is 458 g/mol. The highest BCUT2D eigenvalue weighted by molar-refractivity contribution is 6.10. The second-order valence-electron chi connectivity index (χ2n) is 9.52. The number of nitrogens with zero attached hydrogens (tertiary/aromatic N) is 2. The summed E-state index contributed by atoms with van der Waals surface area (Å²) in [5, 5.41) is 8.46. The van der Waals surface area contributed by atoms with E-state index in [0.29, 0.717) is 28.7 Å². The number of pyridine rings is 1. The molecule has 182 valence electrons. The lowest BCUT2D eigenvalue weighted by atomic mass is 9.97. The minimum absolute atomic E-state index is 0.0129. The Balaban J connectivity index is 1.06. The summed E-state index contributed by atoms with van der Waals surface area (Å²) in [6.07, 6.45) is 5.13. The fourth-order valence-electron chi connectivity index (χ4n) is 4.60. The number of amides is 4. The number of hydrogen-bond donors (Lipinski definition) is 3. The molecular formula is C27H25N5O4. The smallest absolute Gasteiger partial charge is 0.323 e. The van der Waals surface area contributed by atoms with Gasteiger partial charge in [-0.1, -0.05) is 0 Å². The first kappa shape index (κ1) is 22.1. The van der Waals surface area contributed by atoms with Crippen molar-refractivity contribution in [1.82, 2.24) is 4.98 Å². The fraction of sp³-hybridized carbons (Fsp3) is 0.259. The molecule has 0 atom stereocenters. The van der Waals surface area contributed by atoms with Gasteiger partial charge in [0.1, 0.15) is 17.3 Å². The van der Waals surface area contributed by atoms with Crippen LogP contribution in [0.4, 0.5) is 27.7 Å². The predicted octanol–water partition coefficient (Wildman–Crippen LogP) is 4.87. The number of ether oxygens (including phenoxy) is 1. The van der Waals surface area contributed by atoms with Crippen molar-refractivity contribution in [3.8, 4) is 11.5 Å². The molecule has 1 aromatic heterocycles. The van der Waals surface area contributed by atoms with Gasteiger partial charge in [-0.3, -0.25) is 9.59 Å². The van der Waals surface area contributed by atoms with Crippen LogP contribution in [-0.4, -0.2) is 29.9 Å². The van der Waals surface area contributed by atoms with Crippen molar-refractivity contribution < 1.29 is 19.1 Å². The third kappa shape index (κ3) is 4.13. The lowest BCUT2D eigenvalue weighted by Crippen LogP contribution is -2.27. The van der Waals surface area contributed by atoms with Gasteiger partial charge in [-0.15, -0.1) is 0 Å². The van der Waals surface area contributed by atoms with Crippen LogP contribution in [0.25, 0.3) is 0 Å². The molecule has 4 amide bonds. The van der Waals surface area contributed by atoms with Gasteiger partial charge in [-0.2, -0.15) is 0 Å². The molecule has 2 aliphatic carbocycles. The molecule has 2 aromatic carbocycles. The Hall–Kier alpha value is -4.40. The van der Waals surface area contributed by atoms with Gasteiger partial charge in [0.25, 0.3) is 0 Å².